The molecular formula is C17H20F3NO2. The molecule has 0 bridgehead atoms. The van der Waals surface area contributed by atoms with Crippen molar-refractivity contribution in [3.63, 3.8) is 0 Å². The Balaban J connectivity index is 1.75. The number of piperidine rings is 1. The zero-order valence-electron chi connectivity index (χ0n) is 12.8. The summed E-state index contributed by atoms with van der Waals surface area (Å²) in [6.07, 6.45) is -3.14. The number of aliphatic hydroxyl groups is 1. The van der Waals surface area contributed by atoms with Gasteiger partial charge in [0.1, 0.15) is 0 Å². The Labute approximate surface area is 133 Å². The highest BCUT2D eigenvalue weighted by Crippen LogP contribution is 2.46. The summed E-state index contributed by atoms with van der Waals surface area (Å²) < 4.78 is 38.6. The van der Waals surface area contributed by atoms with Crippen molar-refractivity contribution >= 4 is 5.91 Å². The van der Waals surface area contributed by atoms with Gasteiger partial charge in [-0.25, -0.2) is 0 Å². The molecule has 23 heavy (non-hydrogen) atoms. The zero-order valence-corrected chi connectivity index (χ0v) is 12.8. The molecule has 1 N–H and O–H groups in total. The molecule has 1 aromatic rings. The first-order valence-corrected chi connectivity index (χ1v) is 7.93. The third-order valence-electron chi connectivity index (χ3n) is 5.35. The SMILES string of the molecule is O=C(N1CCC(O)(C(F)(F)F)CC1)C1(c2ccccc2)CCC1. The van der Waals surface area contributed by atoms with E-state index in [1.165, 1.54) is 4.90 Å². The minimum Gasteiger partial charge on any atom is -0.380 e. The van der Waals surface area contributed by atoms with Crippen molar-refractivity contribution in [2.24, 2.45) is 0 Å². The molecule has 0 atom stereocenters. The van der Waals surface area contributed by atoms with Crippen LogP contribution in [0.15, 0.2) is 30.3 Å². The Morgan fingerprint density at radius 1 is 1.04 bits per heavy atom. The molecule has 2 aliphatic rings. The van der Waals surface area contributed by atoms with E-state index < -0.39 is 30.0 Å². The predicted octanol–water partition coefficient (Wildman–Crippen LogP) is 3.02. The third kappa shape index (κ3) is 2.63. The molecule has 3 nitrogen and oxygen atoms in total. The molecule has 1 aliphatic heterocycles. The Hall–Kier alpha value is -1.56. The smallest absolute Gasteiger partial charge is 0.380 e. The summed E-state index contributed by atoms with van der Waals surface area (Å²) in [4.78, 5) is 14.4. The van der Waals surface area contributed by atoms with Gasteiger partial charge < -0.3 is 10.0 Å². The van der Waals surface area contributed by atoms with Crippen LogP contribution >= 0.6 is 0 Å². The number of carbonyl (C=O) groups is 1. The maximum Gasteiger partial charge on any atom is 0.417 e. The second kappa shape index (κ2) is 5.51. The van der Waals surface area contributed by atoms with Gasteiger partial charge in [0.25, 0.3) is 0 Å². The number of hydrogen-bond donors (Lipinski definition) is 1. The summed E-state index contributed by atoms with van der Waals surface area (Å²) in [6, 6.07) is 9.45. The first-order valence-electron chi connectivity index (χ1n) is 7.93. The summed E-state index contributed by atoms with van der Waals surface area (Å²) in [5.74, 6) is -0.0980. The quantitative estimate of drug-likeness (QED) is 0.907. The van der Waals surface area contributed by atoms with Crippen LogP contribution < -0.4 is 0 Å². The lowest BCUT2D eigenvalue weighted by atomic mass is 9.63. The van der Waals surface area contributed by atoms with Crippen molar-refractivity contribution in [3.05, 3.63) is 35.9 Å². The van der Waals surface area contributed by atoms with Gasteiger partial charge in [0, 0.05) is 25.9 Å². The molecule has 1 saturated heterocycles. The molecule has 0 spiro atoms. The van der Waals surface area contributed by atoms with Crippen molar-refractivity contribution in [1.29, 1.82) is 0 Å². The average Bonchev–Trinajstić information content (AvgIpc) is 2.47. The van der Waals surface area contributed by atoms with Gasteiger partial charge in [0.15, 0.2) is 5.60 Å². The summed E-state index contributed by atoms with van der Waals surface area (Å²) in [5.41, 5.74) is -2.31. The topological polar surface area (TPSA) is 40.5 Å². The Kier molecular flexibility index (Phi) is 3.91. The van der Waals surface area contributed by atoms with Crippen LogP contribution in [0.1, 0.15) is 37.7 Å². The van der Waals surface area contributed by atoms with E-state index in [0.717, 1.165) is 24.8 Å². The Morgan fingerprint density at radius 3 is 2.04 bits per heavy atom. The van der Waals surface area contributed by atoms with Crippen molar-refractivity contribution in [1.82, 2.24) is 4.90 Å². The van der Waals surface area contributed by atoms with Gasteiger partial charge in [0.05, 0.1) is 5.41 Å². The van der Waals surface area contributed by atoms with E-state index in [1.54, 1.807) is 0 Å². The van der Waals surface area contributed by atoms with Crippen LogP contribution in [0, 0.1) is 0 Å². The molecule has 0 radical (unpaired) electrons. The largest absolute Gasteiger partial charge is 0.417 e. The van der Waals surface area contributed by atoms with Gasteiger partial charge in [-0.15, -0.1) is 0 Å². The fourth-order valence-corrected chi connectivity index (χ4v) is 3.58. The molecule has 3 rings (SSSR count). The van der Waals surface area contributed by atoms with Gasteiger partial charge in [0.2, 0.25) is 5.91 Å². The van der Waals surface area contributed by atoms with Gasteiger partial charge in [-0.1, -0.05) is 36.8 Å². The second-order valence-corrected chi connectivity index (χ2v) is 6.62. The summed E-state index contributed by atoms with van der Waals surface area (Å²) >= 11 is 0. The second-order valence-electron chi connectivity index (χ2n) is 6.62. The number of carbonyl (C=O) groups excluding carboxylic acids is 1. The van der Waals surface area contributed by atoms with E-state index in [2.05, 4.69) is 0 Å². The first-order chi connectivity index (χ1) is 10.8. The van der Waals surface area contributed by atoms with Crippen LogP contribution in [0.4, 0.5) is 13.2 Å². The minimum atomic E-state index is -4.64. The van der Waals surface area contributed by atoms with Crippen molar-refractivity contribution in [2.75, 3.05) is 13.1 Å². The number of hydrogen-bond acceptors (Lipinski definition) is 2. The molecule has 126 valence electrons. The van der Waals surface area contributed by atoms with E-state index >= 15 is 0 Å². The number of benzene rings is 1. The van der Waals surface area contributed by atoms with E-state index in [0.29, 0.717) is 0 Å². The predicted molar refractivity (Wildman–Crippen MR) is 78.8 cm³/mol. The molecule has 1 amide bonds. The van der Waals surface area contributed by atoms with Crippen molar-refractivity contribution < 1.29 is 23.1 Å². The number of amides is 1. The van der Waals surface area contributed by atoms with Gasteiger partial charge in [-0.2, -0.15) is 13.2 Å². The van der Waals surface area contributed by atoms with E-state index in [-0.39, 0.29) is 19.0 Å². The highest BCUT2D eigenvalue weighted by molar-refractivity contribution is 5.89. The zero-order chi connectivity index (χ0) is 16.7. The number of rotatable bonds is 2. The van der Waals surface area contributed by atoms with E-state index in [1.807, 2.05) is 30.3 Å². The van der Waals surface area contributed by atoms with E-state index in [4.69, 9.17) is 0 Å². The molecule has 1 saturated carbocycles. The molecule has 0 aromatic heterocycles. The van der Waals surface area contributed by atoms with Crippen molar-refractivity contribution in [3.8, 4) is 0 Å². The highest BCUT2D eigenvalue weighted by atomic mass is 19.4. The first kappa shape index (κ1) is 16.3. The molecular weight excluding hydrogens is 307 g/mol. The normalized spacial score (nSPS) is 23.2. The molecule has 6 heteroatoms. The lowest BCUT2D eigenvalue weighted by Crippen LogP contribution is -2.58. The lowest BCUT2D eigenvalue weighted by Gasteiger charge is -2.47. The fraction of sp³-hybridized carbons (Fsp3) is 0.588. The monoisotopic (exact) mass is 327 g/mol. The van der Waals surface area contributed by atoms with Crippen LogP contribution in [0.5, 0.6) is 0 Å². The molecule has 1 aliphatic carbocycles. The molecule has 0 unspecified atom stereocenters. The van der Waals surface area contributed by atoms with Crippen LogP contribution in [-0.4, -0.2) is 40.8 Å². The van der Waals surface area contributed by atoms with Gasteiger partial charge in [-0.05, 0) is 18.4 Å². The van der Waals surface area contributed by atoms with Crippen LogP contribution in [0.2, 0.25) is 0 Å². The molecule has 1 aromatic carbocycles. The number of nitrogens with zero attached hydrogens (tertiary/aromatic N) is 1. The fourth-order valence-electron chi connectivity index (χ4n) is 3.58. The minimum absolute atomic E-state index is 0.0522. The van der Waals surface area contributed by atoms with Crippen molar-refractivity contribution in [2.45, 2.75) is 49.3 Å². The summed E-state index contributed by atoms with van der Waals surface area (Å²) in [5, 5.41) is 9.74. The highest BCUT2D eigenvalue weighted by Gasteiger charge is 2.56. The van der Waals surface area contributed by atoms with Crippen LogP contribution in [0.3, 0.4) is 0 Å². The maximum atomic E-state index is 12.9. The summed E-state index contributed by atoms with van der Waals surface area (Å²) in [6.45, 7) is -0.104. The van der Waals surface area contributed by atoms with Crippen LogP contribution in [-0.2, 0) is 10.2 Å². The lowest BCUT2D eigenvalue weighted by molar-refractivity contribution is -0.272. The van der Waals surface area contributed by atoms with Crippen LogP contribution in [0.25, 0.3) is 0 Å². The molecule has 2 fully saturated rings. The van der Waals surface area contributed by atoms with Gasteiger partial charge >= 0.3 is 6.18 Å². The van der Waals surface area contributed by atoms with E-state index in [9.17, 15) is 23.1 Å². The summed E-state index contributed by atoms with van der Waals surface area (Å²) in [7, 11) is 0. The Bertz CT molecular complexity index is 573. The maximum absolute atomic E-state index is 12.9. The molecule has 1 heterocycles. The average molecular weight is 327 g/mol. The standard InChI is InChI=1S/C17H20F3NO2/c18-17(19,20)16(23)9-11-21(12-10-16)14(22)15(7-4-8-15)13-5-2-1-3-6-13/h1-3,5-6,23H,4,7-12H2. The number of likely N-dealkylation sites (tertiary alicyclic amines) is 1. The number of halogens is 3. The number of alkyl halides is 3. The Morgan fingerprint density at radius 2 is 1.61 bits per heavy atom. The third-order valence-corrected chi connectivity index (χ3v) is 5.35. The van der Waals surface area contributed by atoms with Gasteiger partial charge in [-0.3, -0.25) is 4.79 Å².